The fourth-order valence-electron chi connectivity index (χ4n) is 6.43. The maximum Gasteiger partial charge on any atom is 0.309 e. The highest BCUT2D eigenvalue weighted by molar-refractivity contribution is 5.75. The summed E-state index contributed by atoms with van der Waals surface area (Å²) in [5.74, 6) is 2.71. The van der Waals surface area contributed by atoms with Crippen LogP contribution in [0.15, 0.2) is 12.2 Å². The molecular formula is C22H35NO2. The van der Waals surface area contributed by atoms with E-state index in [0.717, 1.165) is 18.3 Å². The first-order valence-corrected chi connectivity index (χ1v) is 10.7. The fourth-order valence-corrected chi connectivity index (χ4v) is 6.43. The predicted molar refractivity (Wildman–Crippen MR) is 100 cm³/mol. The second-order valence-electron chi connectivity index (χ2n) is 9.24. The highest BCUT2D eigenvalue weighted by Gasteiger charge is 2.53. The molecule has 0 unspecified atom stereocenters. The van der Waals surface area contributed by atoms with E-state index in [0.29, 0.717) is 23.9 Å². The van der Waals surface area contributed by atoms with Crippen LogP contribution in [0.4, 0.5) is 0 Å². The molecule has 2 aliphatic carbocycles. The van der Waals surface area contributed by atoms with E-state index in [1.807, 2.05) is 0 Å². The van der Waals surface area contributed by atoms with Crippen molar-refractivity contribution in [2.45, 2.75) is 83.4 Å². The Hall–Kier alpha value is -0.830. The third kappa shape index (κ3) is 3.18. The van der Waals surface area contributed by atoms with Gasteiger partial charge in [-0.15, -0.1) is 0 Å². The summed E-state index contributed by atoms with van der Waals surface area (Å²) >= 11 is 0. The number of piperidine rings is 1. The van der Waals surface area contributed by atoms with Crippen molar-refractivity contribution in [1.82, 2.24) is 4.90 Å². The van der Waals surface area contributed by atoms with Crippen molar-refractivity contribution >= 4 is 5.97 Å². The Labute approximate surface area is 153 Å². The molecule has 4 aliphatic rings. The van der Waals surface area contributed by atoms with Gasteiger partial charge in [-0.05, 0) is 64.3 Å². The minimum absolute atomic E-state index is 0.0864. The van der Waals surface area contributed by atoms with E-state index in [-0.39, 0.29) is 18.0 Å². The average molecular weight is 346 g/mol. The molecule has 0 aromatic rings. The molecule has 25 heavy (non-hydrogen) atoms. The number of carbonyl (C=O) groups is 1. The number of ether oxygens (including phenoxy) is 1. The molecule has 0 bridgehead atoms. The molecule has 3 heteroatoms. The van der Waals surface area contributed by atoms with Crippen molar-refractivity contribution in [1.29, 1.82) is 0 Å². The van der Waals surface area contributed by atoms with Crippen molar-refractivity contribution in [2.24, 2.45) is 29.6 Å². The zero-order valence-electron chi connectivity index (χ0n) is 16.2. The van der Waals surface area contributed by atoms with Crippen molar-refractivity contribution < 1.29 is 9.53 Å². The van der Waals surface area contributed by atoms with Gasteiger partial charge < -0.3 is 4.74 Å². The zero-order chi connectivity index (χ0) is 17.6. The van der Waals surface area contributed by atoms with Crippen LogP contribution in [-0.4, -0.2) is 36.1 Å². The summed E-state index contributed by atoms with van der Waals surface area (Å²) in [4.78, 5) is 14.9. The number of nitrogens with zero attached hydrogens (tertiary/aromatic N) is 1. The van der Waals surface area contributed by atoms with Gasteiger partial charge in [0.25, 0.3) is 0 Å². The Morgan fingerprint density at radius 2 is 1.84 bits per heavy atom. The first-order chi connectivity index (χ1) is 12.1. The quantitative estimate of drug-likeness (QED) is 0.548. The number of hydrogen-bond acceptors (Lipinski definition) is 3. The Kier molecular flexibility index (Phi) is 4.96. The summed E-state index contributed by atoms with van der Waals surface area (Å²) in [5.41, 5.74) is 0. The van der Waals surface area contributed by atoms with Crippen LogP contribution in [0.3, 0.4) is 0 Å². The Bertz CT molecular complexity index is 530. The normalized spacial score (nSPS) is 48.2. The van der Waals surface area contributed by atoms with Gasteiger partial charge in [-0.1, -0.05) is 37.8 Å². The SMILES string of the molecule is C[C@H]1OC(=O)[C@@H]2C[C@@H]3CCCC[C@H]3[C@@H](/C=C/[C@H]3CCC[C@H](C)N3C)[C@H]12. The summed E-state index contributed by atoms with van der Waals surface area (Å²) in [7, 11) is 2.27. The van der Waals surface area contributed by atoms with E-state index in [2.05, 4.69) is 37.9 Å². The molecule has 4 rings (SSSR count). The molecule has 0 spiro atoms. The molecule has 0 radical (unpaired) electrons. The molecule has 4 fully saturated rings. The van der Waals surface area contributed by atoms with E-state index < -0.39 is 0 Å². The predicted octanol–water partition coefficient (Wildman–Crippen LogP) is 4.42. The topological polar surface area (TPSA) is 29.5 Å². The minimum atomic E-state index is 0.0864. The van der Waals surface area contributed by atoms with Gasteiger partial charge in [0.15, 0.2) is 0 Å². The maximum absolute atomic E-state index is 12.4. The summed E-state index contributed by atoms with van der Waals surface area (Å²) in [6, 6.07) is 1.25. The summed E-state index contributed by atoms with van der Waals surface area (Å²) in [6.07, 6.45) is 15.5. The van der Waals surface area contributed by atoms with Gasteiger partial charge in [0.1, 0.15) is 6.10 Å². The second-order valence-corrected chi connectivity index (χ2v) is 9.24. The number of allylic oxidation sites excluding steroid dienone is 1. The zero-order valence-corrected chi connectivity index (χ0v) is 16.2. The molecule has 0 aromatic carbocycles. The summed E-state index contributed by atoms with van der Waals surface area (Å²) < 4.78 is 5.69. The highest BCUT2D eigenvalue weighted by Crippen LogP contribution is 2.53. The van der Waals surface area contributed by atoms with Gasteiger partial charge in [0.2, 0.25) is 0 Å². The highest BCUT2D eigenvalue weighted by atomic mass is 16.6. The molecule has 0 N–H and O–H groups in total. The van der Waals surface area contributed by atoms with E-state index in [9.17, 15) is 4.79 Å². The van der Waals surface area contributed by atoms with Crippen molar-refractivity contribution in [3.05, 3.63) is 12.2 Å². The van der Waals surface area contributed by atoms with Crippen LogP contribution in [0, 0.1) is 29.6 Å². The first-order valence-electron chi connectivity index (χ1n) is 10.7. The number of likely N-dealkylation sites (N-methyl/N-ethyl adjacent to an activating group) is 1. The molecule has 0 amide bonds. The smallest absolute Gasteiger partial charge is 0.309 e. The standard InChI is InChI=1S/C22H35NO2/c1-14-7-6-9-17(23(14)3)11-12-19-18-10-5-4-8-16(18)13-20-21(19)15(2)25-22(20)24/h11-12,14-21H,4-10,13H2,1-3H3/b12-11+/t14-,15+,16-,17+,18+,19+,20+,21-/m0/s1. The van der Waals surface area contributed by atoms with Crippen LogP contribution in [0.2, 0.25) is 0 Å². The Morgan fingerprint density at radius 1 is 1.04 bits per heavy atom. The van der Waals surface area contributed by atoms with E-state index in [4.69, 9.17) is 4.74 Å². The molecular weight excluding hydrogens is 310 g/mol. The third-order valence-electron chi connectivity index (χ3n) is 7.97. The van der Waals surface area contributed by atoms with Crippen molar-refractivity contribution in [2.75, 3.05) is 7.05 Å². The lowest BCUT2D eigenvalue weighted by molar-refractivity contribution is -0.144. The monoisotopic (exact) mass is 345 g/mol. The van der Waals surface area contributed by atoms with E-state index >= 15 is 0 Å². The van der Waals surface area contributed by atoms with Crippen molar-refractivity contribution in [3.8, 4) is 0 Å². The lowest BCUT2D eigenvalue weighted by atomic mass is 9.57. The maximum atomic E-state index is 12.4. The van der Waals surface area contributed by atoms with Crippen LogP contribution in [0.5, 0.6) is 0 Å². The number of likely N-dealkylation sites (tertiary alicyclic amines) is 1. The summed E-state index contributed by atoms with van der Waals surface area (Å²) in [6.45, 7) is 4.47. The molecule has 140 valence electrons. The first kappa shape index (κ1) is 17.6. The third-order valence-corrected chi connectivity index (χ3v) is 7.97. The van der Waals surface area contributed by atoms with Crippen LogP contribution in [-0.2, 0) is 9.53 Å². The number of hydrogen-bond donors (Lipinski definition) is 0. The number of esters is 1. The van der Waals surface area contributed by atoms with Gasteiger partial charge >= 0.3 is 5.97 Å². The lowest BCUT2D eigenvalue weighted by Crippen LogP contribution is -2.44. The van der Waals surface area contributed by atoms with Gasteiger partial charge in [-0.2, -0.15) is 0 Å². The van der Waals surface area contributed by atoms with Gasteiger partial charge in [-0.25, -0.2) is 0 Å². The molecule has 2 heterocycles. The second kappa shape index (κ2) is 7.06. The number of rotatable bonds is 2. The lowest BCUT2D eigenvalue weighted by Gasteiger charge is -2.46. The fraction of sp³-hybridized carbons (Fsp3) is 0.864. The molecule has 0 aromatic heterocycles. The number of cyclic esters (lactones) is 1. The van der Waals surface area contributed by atoms with Crippen LogP contribution >= 0.6 is 0 Å². The van der Waals surface area contributed by atoms with E-state index in [1.54, 1.807) is 0 Å². The molecule has 2 saturated carbocycles. The summed E-state index contributed by atoms with van der Waals surface area (Å²) in [5, 5.41) is 0. The average Bonchev–Trinajstić information content (AvgIpc) is 2.89. The molecule has 3 nitrogen and oxygen atoms in total. The minimum Gasteiger partial charge on any atom is -0.462 e. The van der Waals surface area contributed by atoms with Crippen molar-refractivity contribution in [3.63, 3.8) is 0 Å². The van der Waals surface area contributed by atoms with Gasteiger partial charge in [-0.3, -0.25) is 9.69 Å². The number of carbonyl (C=O) groups excluding carboxylic acids is 1. The number of fused-ring (bicyclic) bond motifs is 2. The van der Waals surface area contributed by atoms with Crippen LogP contribution in [0.25, 0.3) is 0 Å². The molecule has 2 saturated heterocycles. The largest absolute Gasteiger partial charge is 0.462 e. The Morgan fingerprint density at radius 3 is 2.68 bits per heavy atom. The Balaban J connectivity index is 1.57. The van der Waals surface area contributed by atoms with Gasteiger partial charge in [0, 0.05) is 18.0 Å². The van der Waals surface area contributed by atoms with Crippen LogP contribution in [0.1, 0.15) is 65.2 Å². The van der Waals surface area contributed by atoms with E-state index in [1.165, 1.54) is 44.9 Å². The molecule has 2 aliphatic heterocycles. The van der Waals surface area contributed by atoms with Gasteiger partial charge in [0.05, 0.1) is 5.92 Å². The molecule has 8 atom stereocenters. The van der Waals surface area contributed by atoms with Crippen LogP contribution < -0.4 is 0 Å².